The first kappa shape index (κ1) is 50.1. The number of para-hydroxylation sites is 2. The lowest BCUT2D eigenvalue weighted by Gasteiger charge is -2.05. The van der Waals surface area contributed by atoms with E-state index in [2.05, 4.69) is 89.6 Å². The first-order valence-electron chi connectivity index (χ1n) is 14.5. The zero-order valence-corrected chi connectivity index (χ0v) is 28.0. The zero-order chi connectivity index (χ0) is 30.6. The summed E-state index contributed by atoms with van der Waals surface area (Å²) in [6.45, 7) is 33.5. The first-order chi connectivity index (χ1) is 17.9. The minimum Gasteiger partial charge on any atom is -0.256 e. The van der Waals surface area contributed by atoms with Crippen molar-refractivity contribution in [1.82, 2.24) is 9.97 Å². The van der Waals surface area contributed by atoms with Crippen molar-refractivity contribution in [2.75, 3.05) is 0 Å². The monoisotopic (exact) mass is 555 g/mol. The molecule has 0 atom stereocenters. The van der Waals surface area contributed by atoms with Crippen molar-refractivity contribution in [3.8, 4) is 0 Å². The molecule has 0 saturated heterocycles. The quantitative estimate of drug-likeness (QED) is 0.216. The van der Waals surface area contributed by atoms with Crippen LogP contribution in [0.25, 0.3) is 21.8 Å². The molecular weight excluding hydrogens is 484 g/mol. The number of pyridine rings is 2. The molecule has 0 unspecified atom stereocenters. The number of rotatable bonds is 0. The van der Waals surface area contributed by atoms with Gasteiger partial charge in [-0.1, -0.05) is 174 Å². The molecule has 0 aliphatic carbocycles. The SMILES string of the molecule is C.C.CC.CC.CC.CC.CC(C)(C)C.CC(C)(C)C.c1ccc2ncccc2c1.c1ccc2ncccc2c1. The topological polar surface area (TPSA) is 25.8 Å². The number of aromatic nitrogens is 2. The first-order valence-corrected chi connectivity index (χ1v) is 14.5. The fourth-order valence-corrected chi connectivity index (χ4v) is 2.03. The summed E-state index contributed by atoms with van der Waals surface area (Å²) in [7, 11) is 0. The molecule has 4 aromatic rings. The van der Waals surface area contributed by atoms with E-state index in [9.17, 15) is 0 Å². The van der Waals surface area contributed by atoms with Gasteiger partial charge in [0.1, 0.15) is 0 Å². The van der Waals surface area contributed by atoms with Crippen LogP contribution < -0.4 is 0 Å². The summed E-state index contributed by atoms with van der Waals surface area (Å²) in [6, 6.07) is 24.2. The van der Waals surface area contributed by atoms with Gasteiger partial charge in [0.25, 0.3) is 0 Å². The van der Waals surface area contributed by atoms with Gasteiger partial charge in [-0.05, 0) is 35.1 Å². The number of benzene rings is 2. The fraction of sp³-hybridized carbons (Fsp3) is 0.526. The molecule has 0 bridgehead atoms. The zero-order valence-electron chi connectivity index (χ0n) is 28.0. The van der Waals surface area contributed by atoms with Crippen LogP contribution in [0, 0.1) is 10.8 Å². The molecule has 0 radical (unpaired) electrons. The predicted octanol–water partition coefficient (Wildman–Crippen LogP) is 14.0. The van der Waals surface area contributed by atoms with Gasteiger partial charge >= 0.3 is 0 Å². The highest BCUT2D eigenvalue weighted by Crippen LogP contribution is 2.09. The van der Waals surface area contributed by atoms with Crippen LogP contribution in [0.3, 0.4) is 0 Å². The lowest BCUT2D eigenvalue weighted by Crippen LogP contribution is -1.93. The number of hydrogen-bond acceptors (Lipinski definition) is 2. The molecule has 2 heteroatoms. The van der Waals surface area contributed by atoms with Crippen LogP contribution in [0.1, 0.15) is 126 Å². The molecule has 4 rings (SSSR count). The summed E-state index contributed by atoms with van der Waals surface area (Å²) in [5.74, 6) is 0. The molecule has 0 fully saturated rings. The van der Waals surface area contributed by atoms with Crippen LogP contribution in [0.2, 0.25) is 0 Å². The second-order valence-corrected chi connectivity index (χ2v) is 10.4. The number of nitrogens with zero attached hydrogens (tertiary/aromatic N) is 2. The molecule has 0 aliphatic rings. The Morgan fingerprint density at radius 2 is 0.575 bits per heavy atom. The minimum absolute atomic E-state index is 0. The van der Waals surface area contributed by atoms with Crippen molar-refractivity contribution < 1.29 is 0 Å². The minimum atomic E-state index is 0. The van der Waals surface area contributed by atoms with Gasteiger partial charge in [-0.25, -0.2) is 0 Å². The van der Waals surface area contributed by atoms with Gasteiger partial charge in [0.2, 0.25) is 0 Å². The largest absolute Gasteiger partial charge is 0.256 e. The van der Waals surface area contributed by atoms with Crippen molar-refractivity contribution in [3.05, 3.63) is 85.2 Å². The molecule has 0 N–H and O–H groups in total. The van der Waals surface area contributed by atoms with Crippen molar-refractivity contribution in [2.45, 2.75) is 126 Å². The Bertz CT molecular complexity index is 767. The van der Waals surface area contributed by atoms with Crippen LogP contribution >= 0.6 is 0 Å². The van der Waals surface area contributed by atoms with Crippen molar-refractivity contribution in [3.63, 3.8) is 0 Å². The van der Waals surface area contributed by atoms with Crippen LogP contribution in [0.15, 0.2) is 85.2 Å². The Morgan fingerprint density at radius 1 is 0.375 bits per heavy atom. The molecule has 0 spiro atoms. The van der Waals surface area contributed by atoms with Gasteiger partial charge in [0.15, 0.2) is 0 Å². The highest BCUT2D eigenvalue weighted by Gasteiger charge is 1.96. The Hall–Kier alpha value is -2.74. The highest BCUT2D eigenvalue weighted by atomic mass is 14.6. The molecule has 2 heterocycles. The van der Waals surface area contributed by atoms with E-state index in [1.807, 2.05) is 116 Å². The van der Waals surface area contributed by atoms with Crippen LogP contribution in [0.5, 0.6) is 0 Å². The molecule has 40 heavy (non-hydrogen) atoms. The predicted molar refractivity (Wildman–Crippen MR) is 193 cm³/mol. The molecule has 2 aromatic heterocycles. The summed E-state index contributed by atoms with van der Waals surface area (Å²) < 4.78 is 0. The Labute approximate surface area is 253 Å². The number of hydrogen-bond donors (Lipinski definition) is 0. The van der Waals surface area contributed by atoms with Gasteiger partial charge < -0.3 is 0 Å². The smallest absolute Gasteiger partial charge is 0.0701 e. The lowest BCUT2D eigenvalue weighted by atomic mass is 10.0. The normalized spacial score (nSPS) is 8.60. The fourth-order valence-electron chi connectivity index (χ4n) is 2.03. The summed E-state index contributed by atoms with van der Waals surface area (Å²) in [5.41, 5.74) is 3.12. The van der Waals surface area contributed by atoms with E-state index in [4.69, 9.17) is 0 Å². The van der Waals surface area contributed by atoms with Crippen LogP contribution in [0.4, 0.5) is 0 Å². The van der Waals surface area contributed by atoms with Crippen molar-refractivity contribution in [1.29, 1.82) is 0 Å². The second-order valence-electron chi connectivity index (χ2n) is 10.4. The molecule has 2 nitrogen and oxygen atoms in total. The molecule has 0 saturated carbocycles. The molecule has 0 aliphatic heterocycles. The third-order valence-corrected chi connectivity index (χ3v) is 3.02. The molecular formula is C38H70N2. The van der Waals surface area contributed by atoms with Gasteiger partial charge in [0, 0.05) is 23.2 Å². The van der Waals surface area contributed by atoms with Crippen LogP contribution in [-0.4, -0.2) is 9.97 Å². The van der Waals surface area contributed by atoms with Gasteiger partial charge in [-0.2, -0.15) is 0 Å². The van der Waals surface area contributed by atoms with Gasteiger partial charge in [-0.3, -0.25) is 9.97 Å². The van der Waals surface area contributed by atoms with E-state index in [0.717, 1.165) is 11.0 Å². The van der Waals surface area contributed by atoms with Crippen molar-refractivity contribution >= 4 is 21.8 Å². The summed E-state index contributed by atoms with van der Waals surface area (Å²) in [4.78, 5) is 8.36. The van der Waals surface area contributed by atoms with E-state index in [0.29, 0.717) is 10.8 Å². The van der Waals surface area contributed by atoms with E-state index < -0.39 is 0 Å². The van der Waals surface area contributed by atoms with E-state index in [1.54, 1.807) is 0 Å². The second kappa shape index (κ2) is 32.5. The standard InChI is InChI=1S/2C9H7N.2C5H12.4C2H6.2CH4/c2*1-2-6-9-8(4-1)5-3-7-10-9;2*1-5(2,3)4;4*1-2;;/h2*1-7H;2*1-4H3;4*1-2H3;2*1H4. The Kier molecular flexibility index (Phi) is 40.7. The summed E-state index contributed by atoms with van der Waals surface area (Å²) in [5, 5.41) is 2.40. The molecule has 232 valence electrons. The lowest BCUT2D eigenvalue weighted by molar-refractivity contribution is 0.469. The third-order valence-electron chi connectivity index (χ3n) is 3.02. The van der Waals surface area contributed by atoms with E-state index in [-0.39, 0.29) is 14.9 Å². The maximum atomic E-state index is 4.18. The summed E-state index contributed by atoms with van der Waals surface area (Å²) in [6.07, 6.45) is 3.62. The maximum Gasteiger partial charge on any atom is 0.0701 e. The van der Waals surface area contributed by atoms with Crippen molar-refractivity contribution in [2.24, 2.45) is 10.8 Å². The number of fused-ring (bicyclic) bond motifs is 2. The Morgan fingerprint density at radius 3 is 0.800 bits per heavy atom. The van der Waals surface area contributed by atoms with Gasteiger partial charge in [-0.15, -0.1) is 0 Å². The average molecular weight is 555 g/mol. The maximum absolute atomic E-state index is 4.18. The third kappa shape index (κ3) is 37.4. The molecule has 0 amide bonds. The van der Waals surface area contributed by atoms with Crippen LogP contribution in [-0.2, 0) is 0 Å². The van der Waals surface area contributed by atoms with E-state index in [1.165, 1.54) is 10.8 Å². The Balaban J connectivity index is -0.0000000907. The summed E-state index contributed by atoms with van der Waals surface area (Å²) >= 11 is 0. The average Bonchev–Trinajstić information content (AvgIpc) is 2.92. The van der Waals surface area contributed by atoms with Gasteiger partial charge in [0.05, 0.1) is 11.0 Å². The molecule has 2 aromatic carbocycles. The van der Waals surface area contributed by atoms with E-state index >= 15 is 0 Å². The highest BCUT2D eigenvalue weighted by molar-refractivity contribution is 5.78.